The molecule has 2 aromatic rings. The first-order chi connectivity index (χ1) is 6.77. The number of aromatic nitrogens is 3. The van der Waals surface area contributed by atoms with Gasteiger partial charge in [-0.05, 0) is 12.1 Å². The fourth-order valence-electron chi connectivity index (χ4n) is 0.929. The molecule has 0 spiro atoms. The summed E-state index contributed by atoms with van der Waals surface area (Å²) in [5, 5.41) is 7.47. The fraction of sp³-hybridized carbons (Fsp3) is 0.125. The van der Waals surface area contributed by atoms with Crippen molar-refractivity contribution in [2.24, 2.45) is 0 Å². The van der Waals surface area contributed by atoms with E-state index in [0.29, 0.717) is 5.89 Å². The summed E-state index contributed by atoms with van der Waals surface area (Å²) >= 11 is 11.1. The number of hydrogen-bond donors (Lipinski definition) is 0. The lowest BCUT2D eigenvalue weighted by Gasteiger charge is -1.92. The highest BCUT2D eigenvalue weighted by molar-refractivity contribution is 6.43. The molecule has 2 heterocycles. The summed E-state index contributed by atoms with van der Waals surface area (Å²) in [5.74, 6) is 0.548. The van der Waals surface area contributed by atoms with Crippen LogP contribution in [0.1, 0.15) is 10.7 Å². The molecule has 6 heteroatoms. The summed E-state index contributed by atoms with van der Waals surface area (Å²) in [6.45, 7) is 0. The Hall–Kier alpha value is -1.13. The minimum atomic E-state index is -0.798. The lowest BCUT2D eigenvalue weighted by molar-refractivity contribution is 0.523. The first kappa shape index (κ1) is 9.43. The van der Waals surface area contributed by atoms with Crippen molar-refractivity contribution < 1.29 is 4.42 Å². The van der Waals surface area contributed by atoms with Gasteiger partial charge in [-0.2, -0.15) is 0 Å². The Morgan fingerprint density at radius 3 is 2.71 bits per heavy atom. The normalized spacial score (nSPS) is 10.8. The Kier molecular flexibility index (Phi) is 2.65. The predicted octanol–water partition coefficient (Wildman–Crippen LogP) is 2.61. The lowest BCUT2D eigenvalue weighted by atomic mass is 10.3. The maximum Gasteiger partial charge on any atom is 0.249 e. The third-order valence-electron chi connectivity index (χ3n) is 1.54. The predicted molar refractivity (Wildman–Crippen MR) is 52.0 cm³/mol. The molecule has 14 heavy (non-hydrogen) atoms. The van der Waals surface area contributed by atoms with E-state index in [1.165, 1.54) is 0 Å². The molecule has 2 rings (SSSR count). The topological polar surface area (TPSA) is 51.8 Å². The van der Waals surface area contributed by atoms with Gasteiger partial charge >= 0.3 is 0 Å². The highest BCUT2D eigenvalue weighted by Crippen LogP contribution is 2.25. The maximum absolute atomic E-state index is 5.56. The summed E-state index contributed by atoms with van der Waals surface area (Å²) in [4.78, 5) is 3.12. The summed E-state index contributed by atoms with van der Waals surface area (Å²) in [6, 6.07) is 3.58. The average Bonchev–Trinajstić information content (AvgIpc) is 2.68. The van der Waals surface area contributed by atoms with E-state index in [1.54, 1.807) is 18.5 Å². The first-order valence-corrected chi connectivity index (χ1v) is 4.66. The highest BCUT2D eigenvalue weighted by atomic mass is 35.5. The van der Waals surface area contributed by atoms with Gasteiger partial charge in [-0.15, -0.1) is 10.2 Å². The molecule has 0 amide bonds. The van der Waals surface area contributed by atoms with Crippen LogP contribution in [-0.4, -0.2) is 15.2 Å². The molecule has 0 atom stereocenters. The zero-order valence-electron chi connectivity index (χ0n) is 6.89. The zero-order chi connectivity index (χ0) is 9.97. The maximum atomic E-state index is 5.56. The average molecular weight is 230 g/mol. The van der Waals surface area contributed by atoms with Crippen molar-refractivity contribution in [3.8, 4) is 11.5 Å². The van der Waals surface area contributed by atoms with E-state index in [1.807, 2.05) is 6.07 Å². The second kappa shape index (κ2) is 3.94. The van der Waals surface area contributed by atoms with Crippen molar-refractivity contribution >= 4 is 23.2 Å². The molecule has 0 aromatic carbocycles. The zero-order valence-corrected chi connectivity index (χ0v) is 8.40. The van der Waals surface area contributed by atoms with Crippen molar-refractivity contribution in [2.75, 3.05) is 0 Å². The van der Waals surface area contributed by atoms with Gasteiger partial charge in [0.05, 0.1) is 5.56 Å². The van der Waals surface area contributed by atoms with Gasteiger partial charge in [-0.3, -0.25) is 4.98 Å². The third kappa shape index (κ3) is 1.86. The van der Waals surface area contributed by atoms with Gasteiger partial charge in [-0.1, -0.05) is 23.2 Å². The second-order valence-corrected chi connectivity index (χ2v) is 3.58. The van der Waals surface area contributed by atoms with E-state index in [-0.39, 0.29) is 5.89 Å². The summed E-state index contributed by atoms with van der Waals surface area (Å²) < 4.78 is 5.20. The summed E-state index contributed by atoms with van der Waals surface area (Å²) in [7, 11) is 0. The summed E-state index contributed by atoms with van der Waals surface area (Å²) in [5.41, 5.74) is 0.736. The van der Waals surface area contributed by atoms with Crippen LogP contribution in [0.5, 0.6) is 0 Å². The standard InChI is InChI=1S/C8H5Cl2N3O/c9-6(10)8-13-12-7(14-8)5-2-1-3-11-4-5/h1-4,6H. The minimum absolute atomic E-state index is 0.187. The van der Waals surface area contributed by atoms with Crippen LogP contribution in [0, 0.1) is 0 Å². The highest BCUT2D eigenvalue weighted by Gasteiger charge is 2.13. The number of nitrogens with zero attached hydrogens (tertiary/aromatic N) is 3. The molecule has 0 N–H and O–H groups in total. The lowest BCUT2D eigenvalue weighted by Crippen LogP contribution is -1.79. The van der Waals surface area contributed by atoms with Crippen LogP contribution in [0.15, 0.2) is 28.9 Å². The van der Waals surface area contributed by atoms with Gasteiger partial charge in [0.15, 0.2) is 4.84 Å². The van der Waals surface area contributed by atoms with Gasteiger partial charge in [0, 0.05) is 12.4 Å². The van der Waals surface area contributed by atoms with Crippen LogP contribution >= 0.6 is 23.2 Å². The number of pyridine rings is 1. The molecular weight excluding hydrogens is 225 g/mol. The van der Waals surface area contributed by atoms with Crippen LogP contribution < -0.4 is 0 Å². The van der Waals surface area contributed by atoms with E-state index in [4.69, 9.17) is 27.6 Å². The molecule has 0 radical (unpaired) electrons. The van der Waals surface area contributed by atoms with E-state index >= 15 is 0 Å². The Morgan fingerprint density at radius 2 is 2.14 bits per heavy atom. The Morgan fingerprint density at radius 1 is 1.29 bits per heavy atom. The molecule has 2 aromatic heterocycles. The largest absolute Gasteiger partial charge is 0.418 e. The SMILES string of the molecule is ClC(Cl)c1nnc(-c2cccnc2)o1. The van der Waals surface area contributed by atoms with E-state index < -0.39 is 4.84 Å². The van der Waals surface area contributed by atoms with Gasteiger partial charge < -0.3 is 4.42 Å². The summed E-state index contributed by atoms with van der Waals surface area (Å²) in [6.07, 6.45) is 3.28. The van der Waals surface area contributed by atoms with Crippen LogP contribution in [-0.2, 0) is 0 Å². The van der Waals surface area contributed by atoms with E-state index in [0.717, 1.165) is 5.56 Å². The Bertz CT molecular complexity index is 416. The molecule has 0 fully saturated rings. The van der Waals surface area contributed by atoms with Crippen LogP contribution in [0.25, 0.3) is 11.5 Å². The number of hydrogen-bond acceptors (Lipinski definition) is 4. The minimum Gasteiger partial charge on any atom is -0.418 e. The third-order valence-corrected chi connectivity index (χ3v) is 1.91. The van der Waals surface area contributed by atoms with Crippen LogP contribution in [0.4, 0.5) is 0 Å². The smallest absolute Gasteiger partial charge is 0.249 e. The molecule has 0 unspecified atom stereocenters. The van der Waals surface area contributed by atoms with Gasteiger partial charge in [0.2, 0.25) is 11.8 Å². The second-order valence-electron chi connectivity index (χ2n) is 2.49. The van der Waals surface area contributed by atoms with Crippen molar-refractivity contribution in [1.82, 2.24) is 15.2 Å². The number of alkyl halides is 2. The number of halogens is 2. The Labute approximate surface area is 89.9 Å². The van der Waals surface area contributed by atoms with Gasteiger partial charge in [0.1, 0.15) is 0 Å². The molecule has 0 aliphatic rings. The molecule has 4 nitrogen and oxygen atoms in total. The Balaban J connectivity index is 2.34. The first-order valence-electron chi connectivity index (χ1n) is 3.79. The van der Waals surface area contributed by atoms with Crippen LogP contribution in [0.3, 0.4) is 0 Å². The molecule has 0 aliphatic carbocycles. The monoisotopic (exact) mass is 229 g/mol. The molecule has 0 saturated carbocycles. The molecule has 72 valence electrons. The van der Waals surface area contributed by atoms with E-state index in [9.17, 15) is 0 Å². The quantitative estimate of drug-likeness (QED) is 0.744. The van der Waals surface area contributed by atoms with Crippen molar-refractivity contribution in [2.45, 2.75) is 4.84 Å². The number of rotatable bonds is 2. The molecule has 0 bridgehead atoms. The van der Waals surface area contributed by atoms with Crippen LogP contribution in [0.2, 0.25) is 0 Å². The molecular formula is C8H5Cl2N3O. The fourth-order valence-corrected chi connectivity index (χ4v) is 1.11. The van der Waals surface area contributed by atoms with Gasteiger partial charge in [-0.25, -0.2) is 0 Å². The van der Waals surface area contributed by atoms with Crippen molar-refractivity contribution in [3.05, 3.63) is 30.4 Å². The van der Waals surface area contributed by atoms with Crippen molar-refractivity contribution in [3.63, 3.8) is 0 Å². The van der Waals surface area contributed by atoms with E-state index in [2.05, 4.69) is 15.2 Å². The molecule has 0 aliphatic heterocycles. The molecule has 0 saturated heterocycles. The van der Waals surface area contributed by atoms with Gasteiger partial charge in [0.25, 0.3) is 0 Å². The van der Waals surface area contributed by atoms with Crippen molar-refractivity contribution in [1.29, 1.82) is 0 Å².